The number of aromatic nitrogens is 2. The van der Waals surface area contributed by atoms with Gasteiger partial charge in [-0.15, -0.1) is 0 Å². The summed E-state index contributed by atoms with van der Waals surface area (Å²) in [4.78, 5) is 10.8. The fraction of sp³-hybridized carbons (Fsp3) is 0.167. The monoisotopic (exact) mass is 234 g/mol. The molecule has 2 rings (SSSR count). The highest BCUT2D eigenvalue weighted by molar-refractivity contribution is 5.87. The third-order valence-corrected chi connectivity index (χ3v) is 2.40. The number of carboxylic acid groups (broad SMARTS) is 1. The third-order valence-electron chi connectivity index (χ3n) is 2.40. The van der Waals surface area contributed by atoms with Crippen molar-refractivity contribution in [3.05, 3.63) is 53.1 Å². The molecule has 0 radical (unpaired) electrons. The lowest BCUT2D eigenvalue weighted by atomic mass is 10.1. The first-order valence-corrected chi connectivity index (χ1v) is 5.08. The number of nitrogens with zero attached hydrogens (tertiary/aromatic N) is 2. The van der Waals surface area contributed by atoms with E-state index in [0.29, 0.717) is 5.56 Å². The van der Waals surface area contributed by atoms with E-state index >= 15 is 0 Å². The number of rotatable bonds is 3. The first-order valence-electron chi connectivity index (χ1n) is 5.08. The standard InChI is InChI=1S/C12H11FN2O2/c1-8-4-5-15(14-8)7-10-6-9(12(16)17)2-3-11(10)13/h2-6H,7H2,1H3,(H,16,17). The second kappa shape index (κ2) is 4.37. The fourth-order valence-corrected chi connectivity index (χ4v) is 1.55. The highest BCUT2D eigenvalue weighted by atomic mass is 19.1. The van der Waals surface area contributed by atoms with Crippen molar-refractivity contribution in [3.63, 3.8) is 0 Å². The van der Waals surface area contributed by atoms with Gasteiger partial charge in [-0.3, -0.25) is 4.68 Å². The molecule has 0 aliphatic rings. The van der Waals surface area contributed by atoms with E-state index in [1.54, 1.807) is 16.9 Å². The minimum absolute atomic E-state index is 0.0743. The highest BCUT2D eigenvalue weighted by Gasteiger charge is 2.09. The maximum atomic E-state index is 13.5. The van der Waals surface area contributed by atoms with Crippen LogP contribution < -0.4 is 0 Å². The van der Waals surface area contributed by atoms with Crippen molar-refractivity contribution in [2.45, 2.75) is 13.5 Å². The third kappa shape index (κ3) is 2.50. The van der Waals surface area contributed by atoms with Crippen molar-refractivity contribution in [1.82, 2.24) is 9.78 Å². The van der Waals surface area contributed by atoms with E-state index in [4.69, 9.17) is 5.11 Å². The molecule has 0 amide bonds. The zero-order valence-corrected chi connectivity index (χ0v) is 9.22. The molecular formula is C12H11FN2O2. The van der Waals surface area contributed by atoms with E-state index in [9.17, 15) is 9.18 Å². The normalized spacial score (nSPS) is 10.5. The second-order valence-electron chi connectivity index (χ2n) is 3.77. The Morgan fingerprint density at radius 3 is 2.82 bits per heavy atom. The summed E-state index contributed by atoms with van der Waals surface area (Å²) in [5.74, 6) is -1.49. The number of benzene rings is 1. The van der Waals surface area contributed by atoms with Crippen LogP contribution in [0.15, 0.2) is 30.5 Å². The molecule has 0 spiro atoms. The van der Waals surface area contributed by atoms with Gasteiger partial charge in [-0.25, -0.2) is 9.18 Å². The number of hydrogen-bond acceptors (Lipinski definition) is 2. The maximum Gasteiger partial charge on any atom is 0.335 e. The number of halogens is 1. The summed E-state index contributed by atoms with van der Waals surface area (Å²) in [7, 11) is 0. The summed E-state index contributed by atoms with van der Waals surface area (Å²) >= 11 is 0. The molecule has 88 valence electrons. The van der Waals surface area contributed by atoms with Crippen LogP contribution in [-0.4, -0.2) is 20.9 Å². The number of hydrogen-bond donors (Lipinski definition) is 1. The second-order valence-corrected chi connectivity index (χ2v) is 3.77. The summed E-state index contributed by atoms with van der Waals surface area (Å²) < 4.78 is 15.1. The zero-order valence-electron chi connectivity index (χ0n) is 9.22. The SMILES string of the molecule is Cc1ccn(Cc2cc(C(=O)O)ccc2F)n1. The Hall–Kier alpha value is -2.17. The Balaban J connectivity index is 2.31. The molecule has 4 nitrogen and oxygen atoms in total. The summed E-state index contributed by atoms with van der Waals surface area (Å²) in [6.45, 7) is 2.06. The van der Waals surface area contributed by atoms with Gasteiger partial charge in [-0.1, -0.05) is 0 Å². The van der Waals surface area contributed by atoms with E-state index in [-0.39, 0.29) is 12.1 Å². The van der Waals surface area contributed by atoms with Gasteiger partial charge in [0.1, 0.15) is 5.82 Å². The van der Waals surface area contributed by atoms with Crippen LogP contribution in [0.5, 0.6) is 0 Å². The summed E-state index contributed by atoms with van der Waals surface area (Å²) in [5.41, 5.74) is 1.22. The molecule has 1 heterocycles. The van der Waals surface area contributed by atoms with Crippen LogP contribution in [0.25, 0.3) is 0 Å². The molecule has 0 unspecified atom stereocenters. The lowest BCUT2D eigenvalue weighted by Crippen LogP contribution is -2.05. The van der Waals surface area contributed by atoms with Crippen molar-refractivity contribution >= 4 is 5.97 Å². The average Bonchev–Trinajstić information content (AvgIpc) is 2.67. The van der Waals surface area contributed by atoms with E-state index in [1.165, 1.54) is 12.1 Å². The van der Waals surface area contributed by atoms with Gasteiger partial charge in [-0.2, -0.15) is 5.10 Å². The molecule has 2 aromatic rings. The molecule has 0 saturated carbocycles. The lowest BCUT2D eigenvalue weighted by molar-refractivity contribution is 0.0696. The lowest BCUT2D eigenvalue weighted by Gasteiger charge is -2.05. The van der Waals surface area contributed by atoms with Crippen molar-refractivity contribution in [2.75, 3.05) is 0 Å². The van der Waals surface area contributed by atoms with E-state index in [0.717, 1.165) is 11.8 Å². The molecule has 0 saturated heterocycles. The van der Waals surface area contributed by atoms with E-state index < -0.39 is 11.8 Å². The van der Waals surface area contributed by atoms with Crippen molar-refractivity contribution < 1.29 is 14.3 Å². The zero-order chi connectivity index (χ0) is 12.4. The summed E-state index contributed by atoms with van der Waals surface area (Å²) in [6, 6.07) is 5.54. The molecule has 17 heavy (non-hydrogen) atoms. The number of aryl methyl sites for hydroxylation is 1. The molecular weight excluding hydrogens is 223 g/mol. The molecule has 0 atom stereocenters. The van der Waals surface area contributed by atoms with Crippen LogP contribution in [0.2, 0.25) is 0 Å². The maximum absolute atomic E-state index is 13.5. The Labute approximate surface area is 97.3 Å². The van der Waals surface area contributed by atoms with Crippen molar-refractivity contribution in [2.24, 2.45) is 0 Å². The number of carbonyl (C=O) groups is 1. The minimum Gasteiger partial charge on any atom is -0.478 e. The predicted octanol–water partition coefficient (Wildman–Crippen LogP) is 2.08. The molecule has 5 heteroatoms. The van der Waals surface area contributed by atoms with Crippen molar-refractivity contribution in [3.8, 4) is 0 Å². The van der Waals surface area contributed by atoms with Crippen LogP contribution >= 0.6 is 0 Å². The molecule has 0 bridgehead atoms. The Kier molecular flexibility index (Phi) is 2.91. The average molecular weight is 234 g/mol. The van der Waals surface area contributed by atoms with Gasteiger partial charge in [0.25, 0.3) is 0 Å². The van der Waals surface area contributed by atoms with Crippen molar-refractivity contribution in [1.29, 1.82) is 0 Å². The largest absolute Gasteiger partial charge is 0.478 e. The minimum atomic E-state index is -1.07. The highest BCUT2D eigenvalue weighted by Crippen LogP contribution is 2.12. The van der Waals surface area contributed by atoms with Gasteiger partial charge in [0.2, 0.25) is 0 Å². The molecule has 1 aromatic heterocycles. The molecule has 0 aliphatic heterocycles. The Morgan fingerprint density at radius 1 is 1.47 bits per heavy atom. The predicted molar refractivity (Wildman–Crippen MR) is 59.4 cm³/mol. The van der Waals surface area contributed by atoms with Crippen LogP contribution in [0.4, 0.5) is 4.39 Å². The fourth-order valence-electron chi connectivity index (χ4n) is 1.55. The first-order chi connectivity index (χ1) is 8.06. The topological polar surface area (TPSA) is 55.1 Å². The van der Waals surface area contributed by atoms with Crippen LogP contribution in [0.3, 0.4) is 0 Å². The van der Waals surface area contributed by atoms with Gasteiger partial charge in [-0.05, 0) is 31.2 Å². The molecule has 1 aromatic carbocycles. The number of aromatic carboxylic acids is 1. The van der Waals surface area contributed by atoms with Gasteiger partial charge in [0, 0.05) is 11.8 Å². The Bertz CT molecular complexity index is 563. The molecule has 0 aliphatic carbocycles. The van der Waals surface area contributed by atoms with E-state index in [1.807, 2.05) is 6.92 Å². The molecule has 1 N–H and O–H groups in total. The Morgan fingerprint density at radius 2 is 2.24 bits per heavy atom. The van der Waals surface area contributed by atoms with Gasteiger partial charge in [0.05, 0.1) is 17.8 Å². The van der Waals surface area contributed by atoms with Crippen LogP contribution in [0, 0.1) is 12.7 Å². The quantitative estimate of drug-likeness (QED) is 0.884. The van der Waals surface area contributed by atoms with Gasteiger partial charge < -0.3 is 5.11 Å². The van der Waals surface area contributed by atoms with Gasteiger partial charge >= 0.3 is 5.97 Å². The molecule has 0 fully saturated rings. The van der Waals surface area contributed by atoms with Crippen LogP contribution in [-0.2, 0) is 6.54 Å². The smallest absolute Gasteiger partial charge is 0.335 e. The summed E-state index contributed by atoms with van der Waals surface area (Å²) in [6.07, 6.45) is 1.72. The van der Waals surface area contributed by atoms with Gasteiger partial charge in [0.15, 0.2) is 0 Å². The number of carboxylic acids is 1. The van der Waals surface area contributed by atoms with Crippen LogP contribution in [0.1, 0.15) is 21.6 Å². The summed E-state index contributed by atoms with van der Waals surface area (Å²) in [5, 5.41) is 12.9. The van der Waals surface area contributed by atoms with E-state index in [2.05, 4.69) is 5.10 Å². The first kappa shape index (κ1) is 11.3.